The second-order valence-electron chi connectivity index (χ2n) is 19.6. The SMILES string of the molecule is CCC1(Cc2cc3c(-c4ccc5ccccc5c4)cccc3[cH-]2)CCCCCCC1.CCC1(Cc2cc3c(-c4ccc5ccccc5c4)cccc3[cH-]2)CCCCCCC1.C[Si]C.[Cl][Zr+2][Cl]. The third-order valence-electron chi connectivity index (χ3n) is 15.2. The maximum absolute atomic E-state index is 4.93. The van der Waals surface area contributed by atoms with Gasteiger partial charge < -0.3 is 0 Å². The fourth-order valence-electron chi connectivity index (χ4n) is 11.5. The van der Waals surface area contributed by atoms with Crippen molar-refractivity contribution in [3.05, 3.63) is 157 Å². The Morgan fingerprint density at radius 1 is 0.455 bits per heavy atom. The molecule has 2 radical (unpaired) electrons. The van der Waals surface area contributed by atoms with Crippen molar-refractivity contribution in [2.75, 3.05) is 0 Å². The molecule has 2 fully saturated rings. The Hall–Kier alpha value is -3.26. The Morgan fingerprint density at radius 2 is 0.803 bits per heavy atom. The Bertz CT molecular complexity index is 2520. The fourth-order valence-corrected chi connectivity index (χ4v) is 11.5. The van der Waals surface area contributed by atoms with E-state index in [0.29, 0.717) is 10.8 Å². The summed E-state index contributed by atoms with van der Waals surface area (Å²) in [5, 5.41) is 10.9. The van der Waals surface area contributed by atoms with Crippen LogP contribution in [0.5, 0.6) is 0 Å². The summed E-state index contributed by atoms with van der Waals surface area (Å²) >= 11 is -0.826. The van der Waals surface area contributed by atoms with Crippen molar-refractivity contribution in [3.8, 4) is 22.3 Å². The Kier molecular flexibility index (Phi) is 19.5. The first kappa shape index (κ1) is 50.6. The van der Waals surface area contributed by atoms with E-state index in [2.05, 4.69) is 173 Å². The Labute approximate surface area is 419 Å². The van der Waals surface area contributed by atoms with Gasteiger partial charge in [0.1, 0.15) is 0 Å². The average Bonchev–Trinajstić information content (AvgIpc) is 3.94. The van der Waals surface area contributed by atoms with Crippen LogP contribution >= 0.6 is 17.0 Å². The molecule has 0 bridgehead atoms. The van der Waals surface area contributed by atoms with Gasteiger partial charge in [-0.1, -0.05) is 200 Å². The van der Waals surface area contributed by atoms with Gasteiger partial charge in [0.05, 0.1) is 0 Å². The molecule has 4 heteroatoms. The summed E-state index contributed by atoms with van der Waals surface area (Å²) < 4.78 is 0. The van der Waals surface area contributed by atoms with Crippen LogP contribution in [0.2, 0.25) is 13.1 Å². The van der Waals surface area contributed by atoms with Crippen LogP contribution in [0.25, 0.3) is 65.3 Å². The molecule has 2 aliphatic carbocycles. The first-order valence-corrected chi connectivity index (χ1v) is 33.6. The van der Waals surface area contributed by atoms with Crippen LogP contribution in [-0.4, -0.2) is 9.52 Å². The van der Waals surface area contributed by atoms with Crippen LogP contribution in [0.1, 0.15) is 128 Å². The molecule has 0 N–H and O–H groups in total. The molecule has 0 aliphatic heterocycles. The predicted molar refractivity (Wildman–Crippen MR) is 292 cm³/mol. The van der Waals surface area contributed by atoms with E-state index in [0.717, 1.165) is 9.52 Å². The van der Waals surface area contributed by atoms with Crippen molar-refractivity contribution >= 4 is 69.6 Å². The Morgan fingerprint density at radius 3 is 1.17 bits per heavy atom. The number of halogens is 2. The first-order valence-electron chi connectivity index (χ1n) is 25.3. The standard InChI is InChI=1S/2C30H33.C2H6Si.2ClH.Zr/c2*1-2-30(17-8-4-3-5-9-18-30)22-23-19-26-13-10-14-28(29(26)20-23)27-16-15-24-11-6-7-12-25(24)21-27;1-3-2;;;/h2*6-7,10-16,19-21H,2-5,8-9,17-18,22H2,1H3;1-2H3;2*1H;/q2*-1;;;;+4/p-2. The molecule has 0 spiro atoms. The normalized spacial score (nSPS) is 16.0. The van der Waals surface area contributed by atoms with Crippen molar-refractivity contribution in [1.29, 1.82) is 0 Å². The van der Waals surface area contributed by atoms with Crippen molar-refractivity contribution in [2.45, 2.75) is 143 Å². The van der Waals surface area contributed by atoms with Crippen LogP contribution in [0.3, 0.4) is 0 Å². The molecule has 8 aromatic rings. The van der Waals surface area contributed by atoms with Crippen molar-refractivity contribution < 1.29 is 20.8 Å². The molecule has 0 nitrogen and oxygen atoms in total. The molecule has 10 rings (SSSR count). The topological polar surface area (TPSA) is 0 Å². The van der Waals surface area contributed by atoms with Gasteiger partial charge in [0.15, 0.2) is 0 Å². The summed E-state index contributed by atoms with van der Waals surface area (Å²) in [6, 6.07) is 54.6. The van der Waals surface area contributed by atoms with Gasteiger partial charge in [-0.05, 0) is 94.2 Å². The van der Waals surface area contributed by atoms with Crippen LogP contribution in [-0.2, 0) is 33.7 Å². The molecule has 342 valence electrons. The van der Waals surface area contributed by atoms with Gasteiger partial charge in [0.2, 0.25) is 0 Å². The minimum absolute atomic E-state index is 0.508. The summed E-state index contributed by atoms with van der Waals surface area (Å²) in [6.45, 7) is 9.15. The van der Waals surface area contributed by atoms with E-state index in [1.807, 2.05) is 0 Å². The number of hydrogen-bond donors (Lipinski definition) is 0. The summed E-state index contributed by atoms with van der Waals surface area (Å²) in [4.78, 5) is 0. The molecule has 0 unspecified atom stereocenters. The second kappa shape index (κ2) is 25.4. The van der Waals surface area contributed by atoms with Gasteiger partial charge in [-0.3, -0.25) is 0 Å². The zero-order valence-corrected chi connectivity index (χ0v) is 45.3. The van der Waals surface area contributed by atoms with Gasteiger partial charge in [0.25, 0.3) is 0 Å². The summed E-state index contributed by atoms with van der Waals surface area (Å²) in [7, 11) is 11.0. The van der Waals surface area contributed by atoms with E-state index >= 15 is 0 Å². The van der Waals surface area contributed by atoms with Gasteiger partial charge in [-0.25, -0.2) is 0 Å². The minimum atomic E-state index is -0.826. The number of hydrogen-bond acceptors (Lipinski definition) is 0. The molecule has 66 heavy (non-hydrogen) atoms. The third-order valence-corrected chi connectivity index (χ3v) is 15.2. The number of fused-ring (bicyclic) bond motifs is 4. The molecule has 2 aliphatic rings. The quantitative estimate of drug-likeness (QED) is 0.105. The summed E-state index contributed by atoms with van der Waals surface area (Å²) in [6.07, 6.45) is 25.0. The van der Waals surface area contributed by atoms with Crippen molar-refractivity contribution in [3.63, 3.8) is 0 Å². The van der Waals surface area contributed by atoms with Crippen molar-refractivity contribution in [1.82, 2.24) is 0 Å². The average molecular weight is 1010 g/mol. The monoisotopic (exact) mass is 1000 g/mol. The summed E-state index contributed by atoms with van der Waals surface area (Å²) in [5.74, 6) is 0. The molecular formula is C62H72Cl2SiZr. The second-order valence-corrected chi connectivity index (χ2v) is 24.4. The van der Waals surface area contributed by atoms with E-state index in [1.54, 1.807) is 11.1 Å². The van der Waals surface area contributed by atoms with E-state index in [-0.39, 0.29) is 0 Å². The van der Waals surface area contributed by atoms with Gasteiger partial charge in [-0.15, -0.1) is 69.1 Å². The number of rotatable bonds is 8. The van der Waals surface area contributed by atoms with Crippen LogP contribution in [0.4, 0.5) is 0 Å². The fraction of sp³-hybridized carbons (Fsp3) is 0.387. The molecule has 0 aromatic heterocycles. The molecule has 0 amide bonds. The van der Waals surface area contributed by atoms with Crippen molar-refractivity contribution in [2.24, 2.45) is 10.8 Å². The van der Waals surface area contributed by atoms with Gasteiger partial charge >= 0.3 is 37.9 Å². The summed E-state index contributed by atoms with van der Waals surface area (Å²) in [5.41, 5.74) is 9.49. The predicted octanol–water partition coefficient (Wildman–Crippen LogP) is 20.3. The van der Waals surface area contributed by atoms with E-state index in [4.69, 9.17) is 17.0 Å². The zero-order valence-electron chi connectivity index (χ0n) is 40.3. The van der Waals surface area contributed by atoms with Crippen LogP contribution < -0.4 is 0 Å². The van der Waals surface area contributed by atoms with Crippen LogP contribution in [0, 0.1) is 10.8 Å². The first-order chi connectivity index (χ1) is 32.4. The van der Waals surface area contributed by atoms with E-state index in [1.165, 1.54) is 181 Å². The Balaban J connectivity index is 0.000000176. The van der Waals surface area contributed by atoms with E-state index in [9.17, 15) is 0 Å². The molecule has 2 saturated carbocycles. The number of benzene rings is 6. The molecule has 0 saturated heterocycles. The molecular weight excluding hydrogens is 935 g/mol. The van der Waals surface area contributed by atoms with Crippen LogP contribution in [0.15, 0.2) is 146 Å². The molecule has 0 heterocycles. The zero-order chi connectivity index (χ0) is 46.2. The van der Waals surface area contributed by atoms with Gasteiger partial charge in [-0.2, -0.15) is 12.1 Å². The maximum atomic E-state index is 4.93. The third kappa shape index (κ3) is 13.1. The molecule has 0 atom stereocenters. The van der Waals surface area contributed by atoms with E-state index < -0.39 is 20.8 Å². The van der Waals surface area contributed by atoms with Gasteiger partial charge in [0, 0.05) is 9.52 Å². The molecule has 8 aromatic carbocycles.